The van der Waals surface area contributed by atoms with E-state index in [4.69, 9.17) is 19.7 Å². The highest BCUT2D eigenvalue weighted by Crippen LogP contribution is 2.27. The van der Waals surface area contributed by atoms with Crippen molar-refractivity contribution in [3.63, 3.8) is 0 Å². The Balaban J connectivity index is 2.10. The van der Waals surface area contributed by atoms with E-state index in [0.29, 0.717) is 0 Å². The van der Waals surface area contributed by atoms with Crippen molar-refractivity contribution in [1.82, 2.24) is 0 Å². The van der Waals surface area contributed by atoms with Crippen molar-refractivity contribution in [2.24, 2.45) is 0 Å². The fourth-order valence-electron chi connectivity index (χ4n) is 2.28. The van der Waals surface area contributed by atoms with Gasteiger partial charge in [-0.15, -0.1) is 0 Å². The molecule has 0 saturated carbocycles. The summed E-state index contributed by atoms with van der Waals surface area (Å²) in [5.74, 6) is -6.35. The maximum atomic E-state index is 12.3. The highest BCUT2D eigenvalue weighted by Gasteiger charge is 2.30. The molecule has 0 amide bonds. The first kappa shape index (κ1) is 20.8. The summed E-state index contributed by atoms with van der Waals surface area (Å²) in [6.07, 6.45) is 0. The molecule has 0 aliphatic heterocycles. The Morgan fingerprint density at radius 2 is 1.00 bits per heavy atom. The number of benzene rings is 2. The van der Waals surface area contributed by atoms with E-state index in [0.717, 1.165) is 0 Å². The van der Waals surface area contributed by atoms with Crippen LogP contribution < -0.4 is 9.47 Å². The zero-order chi connectivity index (χ0) is 20.8. The van der Waals surface area contributed by atoms with Crippen molar-refractivity contribution in [2.45, 2.75) is 11.6 Å². The zero-order valence-corrected chi connectivity index (χ0v) is 15.1. The van der Waals surface area contributed by atoms with Gasteiger partial charge in [-0.2, -0.15) is 0 Å². The van der Waals surface area contributed by atoms with Gasteiger partial charge in [0.05, 0.1) is 0 Å². The van der Waals surface area contributed by atoms with E-state index in [9.17, 15) is 19.2 Å². The number of ether oxygens (including phenoxy) is 2. The molecule has 142 valence electrons. The molecule has 2 rings (SSSR count). The number of carbonyl (C=O) groups is 4. The Bertz CT molecular complexity index is 852. The Labute approximate surface area is 161 Å². The molecule has 2 N–H and O–H groups in total. The second-order valence-corrected chi connectivity index (χ2v) is 6.02. The lowest BCUT2D eigenvalue weighted by Crippen LogP contribution is -2.28. The van der Waals surface area contributed by atoms with Crippen molar-refractivity contribution >= 4 is 39.6 Å². The Morgan fingerprint density at radius 3 is 1.32 bits per heavy atom. The highest BCUT2D eigenvalue weighted by atomic mass is 16.5. The van der Waals surface area contributed by atoms with Gasteiger partial charge in [0.1, 0.15) is 38.3 Å². The predicted octanol–water partition coefficient (Wildman–Crippen LogP) is 0.437. The minimum atomic E-state index is -1.26. The summed E-state index contributed by atoms with van der Waals surface area (Å²) >= 11 is 0. The normalized spacial score (nSPS) is 12.4. The molecular weight excluding hydrogens is 366 g/mol. The quantitative estimate of drug-likeness (QED) is 0.401. The van der Waals surface area contributed by atoms with Crippen molar-refractivity contribution in [1.29, 1.82) is 0 Å². The van der Waals surface area contributed by atoms with Gasteiger partial charge in [-0.3, -0.25) is 9.59 Å². The van der Waals surface area contributed by atoms with Crippen molar-refractivity contribution in [3.05, 3.63) is 59.7 Å². The van der Waals surface area contributed by atoms with Crippen molar-refractivity contribution in [2.75, 3.05) is 0 Å². The molecule has 0 fully saturated rings. The molecule has 0 saturated heterocycles. The Morgan fingerprint density at radius 1 is 0.679 bits per heavy atom. The van der Waals surface area contributed by atoms with Gasteiger partial charge < -0.3 is 19.7 Å². The van der Waals surface area contributed by atoms with Gasteiger partial charge in [0, 0.05) is 11.6 Å². The van der Waals surface area contributed by atoms with E-state index in [2.05, 4.69) is 0 Å². The standard InChI is InChI=1S/C18H16B2O8/c19-13(17(25)27-11-7-3-1-5-9(11)15(21)22)14(20)18(26)28-12-8-4-2-6-10(12)16(23)24/h1-8,13-14H,19-20H2,(H,21,22)(H,23,24). The average molecular weight is 382 g/mol. The third kappa shape index (κ3) is 4.79. The number of carboxylic acid groups (broad SMARTS) is 2. The van der Waals surface area contributed by atoms with Gasteiger partial charge in [0.25, 0.3) is 0 Å². The van der Waals surface area contributed by atoms with Crippen LogP contribution in [0, 0.1) is 0 Å². The lowest BCUT2D eigenvalue weighted by atomic mass is 9.66. The minimum absolute atomic E-state index is 0.136. The van der Waals surface area contributed by atoms with Crippen LogP contribution in [-0.4, -0.2) is 49.8 Å². The number of carbonyl (C=O) groups excluding carboxylic acids is 2. The molecule has 0 aromatic heterocycles. The lowest BCUT2D eigenvalue weighted by Gasteiger charge is -2.18. The van der Waals surface area contributed by atoms with Gasteiger partial charge in [-0.05, 0) is 24.3 Å². The van der Waals surface area contributed by atoms with E-state index in [1.54, 1.807) is 0 Å². The van der Waals surface area contributed by atoms with Gasteiger partial charge in [0.2, 0.25) is 0 Å². The van der Waals surface area contributed by atoms with Crippen LogP contribution >= 0.6 is 0 Å². The maximum absolute atomic E-state index is 12.3. The second-order valence-electron chi connectivity index (χ2n) is 6.02. The van der Waals surface area contributed by atoms with E-state index in [1.807, 2.05) is 0 Å². The average Bonchev–Trinajstić information content (AvgIpc) is 2.67. The SMILES string of the molecule is BC(C(=O)Oc1ccccc1C(=O)O)C(B)C(=O)Oc1ccccc1C(=O)O. The second kappa shape index (κ2) is 8.90. The summed E-state index contributed by atoms with van der Waals surface area (Å²) in [5, 5.41) is 18.3. The van der Waals surface area contributed by atoms with Crippen LogP contribution in [0.3, 0.4) is 0 Å². The number of rotatable bonds is 7. The Kier molecular flexibility index (Phi) is 6.59. The summed E-state index contributed by atoms with van der Waals surface area (Å²) < 4.78 is 10.3. The molecule has 10 heteroatoms. The summed E-state index contributed by atoms with van der Waals surface area (Å²) in [5.41, 5.74) is -0.373. The van der Waals surface area contributed by atoms with Gasteiger partial charge in [-0.1, -0.05) is 24.3 Å². The predicted molar refractivity (Wildman–Crippen MR) is 103 cm³/mol. The fraction of sp³-hybridized carbons (Fsp3) is 0.111. The zero-order valence-electron chi connectivity index (χ0n) is 15.1. The van der Waals surface area contributed by atoms with Crippen LogP contribution in [0.2, 0.25) is 11.6 Å². The molecular formula is C18H16B2O8. The van der Waals surface area contributed by atoms with Crippen LogP contribution in [0.1, 0.15) is 20.7 Å². The molecule has 28 heavy (non-hydrogen) atoms. The van der Waals surface area contributed by atoms with Crippen LogP contribution in [0.25, 0.3) is 0 Å². The van der Waals surface area contributed by atoms with Crippen molar-refractivity contribution < 1.29 is 38.9 Å². The number of para-hydroxylation sites is 2. The van der Waals surface area contributed by atoms with Crippen molar-refractivity contribution in [3.8, 4) is 11.5 Å². The first-order valence-corrected chi connectivity index (χ1v) is 8.30. The summed E-state index contributed by atoms with van der Waals surface area (Å²) in [6, 6.07) is 11.3. The highest BCUT2D eigenvalue weighted by molar-refractivity contribution is 6.35. The lowest BCUT2D eigenvalue weighted by molar-refractivity contribution is -0.140. The monoisotopic (exact) mass is 382 g/mol. The third-order valence-electron chi connectivity index (χ3n) is 4.15. The number of aromatic carboxylic acids is 2. The van der Waals surface area contributed by atoms with Crippen LogP contribution in [0.5, 0.6) is 11.5 Å². The van der Waals surface area contributed by atoms with Gasteiger partial charge in [-0.25, -0.2) is 9.59 Å². The molecule has 0 heterocycles. The Hall–Kier alpha value is -3.55. The van der Waals surface area contributed by atoms with E-state index >= 15 is 0 Å². The minimum Gasteiger partial charge on any atom is -0.478 e. The molecule has 0 radical (unpaired) electrons. The molecule has 0 aliphatic rings. The molecule has 2 aromatic rings. The molecule has 2 atom stereocenters. The van der Waals surface area contributed by atoms with E-state index < -0.39 is 35.5 Å². The van der Waals surface area contributed by atoms with E-state index in [1.165, 1.54) is 64.2 Å². The third-order valence-corrected chi connectivity index (χ3v) is 4.15. The van der Waals surface area contributed by atoms with Gasteiger partial charge in [0.15, 0.2) is 0 Å². The smallest absolute Gasteiger partial charge is 0.339 e. The molecule has 8 nitrogen and oxygen atoms in total. The largest absolute Gasteiger partial charge is 0.478 e. The van der Waals surface area contributed by atoms with Crippen LogP contribution in [0.15, 0.2) is 48.5 Å². The fourth-order valence-corrected chi connectivity index (χ4v) is 2.28. The number of hydrogen-bond donors (Lipinski definition) is 2. The van der Waals surface area contributed by atoms with E-state index in [-0.39, 0.29) is 22.6 Å². The number of esters is 2. The molecule has 2 unspecified atom stereocenters. The first-order chi connectivity index (χ1) is 13.2. The summed E-state index contributed by atoms with van der Waals surface area (Å²) in [7, 11) is 2.86. The number of carboxylic acids is 2. The van der Waals surface area contributed by atoms with Crippen LogP contribution in [0.4, 0.5) is 0 Å². The molecule has 0 aliphatic carbocycles. The summed E-state index contributed by atoms with van der Waals surface area (Å²) in [6.45, 7) is 0. The molecule has 0 spiro atoms. The number of hydrogen-bond acceptors (Lipinski definition) is 6. The topological polar surface area (TPSA) is 127 Å². The maximum Gasteiger partial charge on any atom is 0.339 e. The molecule has 2 aromatic carbocycles. The molecule has 0 bridgehead atoms. The first-order valence-electron chi connectivity index (χ1n) is 8.30. The summed E-state index contributed by atoms with van der Waals surface area (Å²) in [4.78, 5) is 47.1. The van der Waals surface area contributed by atoms with Gasteiger partial charge >= 0.3 is 23.9 Å². The van der Waals surface area contributed by atoms with Crippen LogP contribution in [-0.2, 0) is 9.59 Å².